The van der Waals surface area contributed by atoms with Crippen LogP contribution in [0.15, 0.2) is 47.1 Å². The molecule has 1 heterocycles. The number of rotatable bonds is 3. The van der Waals surface area contributed by atoms with Gasteiger partial charge in [-0.05, 0) is 23.8 Å². The van der Waals surface area contributed by atoms with Crippen molar-refractivity contribution in [3.63, 3.8) is 0 Å². The summed E-state index contributed by atoms with van der Waals surface area (Å²) in [7, 11) is 0. The predicted molar refractivity (Wildman–Crippen MR) is 65.8 cm³/mol. The number of anilines is 1. The maximum Gasteiger partial charge on any atom is 0.291 e. The number of para-hydroxylation sites is 1. The highest BCUT2D eigenvalue weighted by Crippen LogP contribution is 2.17. The van der Waals surface area contributed by atoms with Crippen LogP contribution in [0.25, 0.3) is 0 Å². The average Bonchev–Trinajstić information content (AvgIpc) is 2.83. The highest BCUT2D eigenvalue weighted by atomic mass is 32.1. The summed E-state index contributed by atoms with van der Waals surface area (Å²) in [5.74, 6) is 0.627. The van der Waals surface area contributed by atoms with Crippen LogP contribution in [0.4, 0.5) is 5.69 Å². The van der Waals surface area contributed by atoms with E-state index < -0.39 is 0 Å². The van der Waals surface area contributed by atoms with Gasteiger partial charge in [-0.3, -0.25) is 4.79 Å². The van der Waals surface area contributed by atoms with E-state index in [1.807, 2.05) is 24.3 Å². The summed E-state index contributed by atoms with van der Waals surface area (Å²) in [6.45, 7) is 0. The van der Waals surface area contributed by atoms with Gasteiger partial charge in [0.05, 0.1) is 6.26 Å². The van der Waals surface area contributed by atoms with Crippen molar-refractivity contribution < 1.29 is 9.21 Å². The molecule has 0 atom stereocenters. The fourth-order valence-electron chi connectivity index (χ4n) is 1.37. The van der Waals surface area contributed by atoms with Gasteiger partial charge in [-0.1, -0.05) is 18.2 Å². The Balaban J connectivity index is 2.18. The molecule has 0 aliphatic heterocycles. The lowest BCUT2D eigenvalue weighted by atomic mass is 10.2. The molecule has 0 unspecified atom stereocenters. The van der Waals surface area contributed by atoms with Crippen LogP contribution >= 0.6 is 12.6 Å². The number of thiol groups is 1. The average molecular weight is 233 g/mol. The maximum atomic E-state index is 11.7. The number of hydrogen-bond donors (Lipinski definition) is 2. The standard InChI is InChI=1S/C12H11NO2S/c14-12(11-6-3-7-15-11)13-10-5-2-1-4-9(10)8-16/h1-7,16H,8H2,(H,13,14). The largest absolute Gasteiger partial charge is 0.459 e. The molecule has 1 aromatic carbocycles. The van der Waals surface area contributed by atoms with Gasteiger partial charge in [0, 0.05) is 11.4 Å². The Morgan fingerprint density at radius 2 is 2.06 bits per heavy atom. The summed E-state index contributed by atoms with van der Waals surface area (Å²) in [5.41, 5.74) is 1.74. The summed E-state index contributed by atoms with van der Waals surface area (Å²) in [5, 5.41) is 2.78. The molecule has 2 rings (SSSR count). The van der Waals surface area contributed by atoms with Crippen LogP contribution in [-0.2, 0) is 5.75 Å². The first-order valence-corrected chi connectivity index (χ1v) is 5.48. The summed E-state index contributed by atoms with van der Waals surface area (Å²) in [6.07, 6.45) is 1.47. The second kappa shape index (κ2) is 4.90. The van der Waals surface area contributed by atoms with Gasteiger partial charge in [0.1, 0.15) is 0 Å². The van der Waals surface area contributed by atoms with Crippen LogP contribution in [0.5, 0.6) is 0 Å². The van der Waals surface area contributed by atoms with Crippen LogP contribution in [0.3, 0.4) is 0 Å². The zero-order valence-corrected chi connectivity index (χ0v) is 9.41. The van der Waals surface area contributed by atoms with E-state index in [-0.39, 0.29) is 5.91 Å². The maximum absolute atomic E-state index is 11.7. The van der Waals surface area contributed by atoms with Crippen molar-refractivity contribution in [2.24, 2.45) is 0 Å². The zero-order valence-electron chi connectivity index (χ0n) is 8.51. The third-order valence-corrected chi connectivity index (χ3v) is 2.52. The van der Waals surface area contributed by atoms with Crippen molar-refractivity contribution in [1.82, 2.24) is 0 Å². The molecule has 3 nitrogen and oxygen atoms in total. The highest BCUT2D eigenvalue weighted by Gasteiger charge is 2.10. The van der Waals surface area contributed by atoms with Gasteiger partial charge in [0.25, 0.3) is 5.91 Å². The Morgan fingerprint density at radius 1 is 1.25 bits per heavy atom. The summed E-state index contributed by atoms with van der Waals surface area (Å²) in [4.78, 5) is 11.7. The Labute approximate surface area is 98.9 Å². The van der Waals surface area contributed by atoms with Crippen LogP contribution in [0.2, 0.25) is 0 Å². The van der Waals surface area contributed by atoms with E-state index in [9.17, 15) is 4.79 Å². The van der Waals surface area contributed by atoms with Gasteiger partial charge < -0.3 is 9.73 Å². The smallest absolute Gasteiger partial charge is 0.291 e. The number of amides is 1. The minimum Gasteiger partial charge on any atom is -0.459 e. The summed E-state index contributed by atoms with van der Waals surface area (Å²) < 4.78 is 5.01. The number of carbonyl (C=O) groups is 1. The molecular formula is C12H11NO2S. The van der Waals surface area contributed by atoms with Crippen molar-refractivity contribution in [2.45, 2.75) is 5.75 Å². The number of nitrogens with one attached hydrogen (secondary N) is 1. The van der Waals surface area contributed by atoms with Gasteiger partial charge in [-0.25, -0.2) is 0 Å². The third kappa shape index (κ3) is 2.28. The van der Waals surface area contributed by atoms with Crippen LogP contribution in [0.1, 0.15) is 16.1 Å². The first-order chi connectivity index (χ1) is 7.81. The molecule has 2 aromatic rings. The molecule has 0 saturated heterocycles. The number of carbonyl (C=O) groups excluding carboxylic acids is 1. The van der Waals surface area contributed by atoms with Crippen LogP contribution in [-0.4, -0.2) is 5.91 Å². The summed E-state index contributed by atoms with van der Waals surface area (Å²) >= 11 is 4.20. The lowest BCUT2D eigenvalue weighted by Crippen LogP contribution is -2.12. The second-order valence-corrected chi connectivity index (χ2v) is 3.56. The molecule has 1 aromatic heterocycles. The van der Waals surface area contributed by atoms with E-state index >= 15 is 0 Å². The Hall–Kier alpha value is -1.68. The van der Waals surface area contributed by atoms with E-state index in [1.165, 1.54) is 6.26 Å². The fourth-order valence-corrected chi connectivity index (χ4v) is 1.65. The summed E-state index contributed by atoms with van der Waals surface area (Å²) in [6, 6.07) is 10.8. The Bertz CT molecular complexity index is 480. The quantitative estimate of drug-likeness (QED) is 0.800. The van der Waals surface area contributed by atoms with Crippen molar-refractivity contribution in [3.8, 4) is 0 Å². The van der Waals surface area contributed by atoms with Gasteiger partial charge in [-0.15, -0.1) is 0 Å². The molecule has 1 N–H and O–H groups in total. The third-order valence-electron chi connectivity index (χ3n) is 2.18. The Morgan fingerprint density at radius 3 is 2.75 bits per heavy atom. The van der Waals surface area contributed by atoms with Gasteiger partial charge in [0.15, 0.2) is 5.76 Å². The second-order valence-electron chi connectivity index (χ2n) is 3.25. The number of benzene rings is 1. The molecular weight excluding hydrogens is 222 g/mol. The molecule has 0 spiro atoms. The van der Waals surface area contributed by atoms with E-state index in [1.54, 1.807) is 12.1 Å². The van der Waals surface area contributed by atoms with Gasteiger partial charge in [-0.2, -0.15) is 12.6 Å². The SMILES string of the molecule is O=C(Nc1ccccc1CS)c1ccco1. The lowest BCUT2D eigenvalue weighted by molar-refractivity contribution is 0.0996. The number of furan rings is 1. The monoisotopic (exact) mass is 233 g/mol. The van der Waals surface area contributed by atoms with Crippen LogP contribution in [0, 0.1) is 0 Å². The molecule has 0 saturated carbocycles. The van der Waals surface area contributed by atoms with Gasteiger partial charge in [0.2, 0.25) is 0 Å². The fraction of sp³-hybridized carbons (Fsp3) is 0.0833. The van der Waals surface area contributed by atoms with Crippen molar-refractivity contribution in [3.05, 3.63) is 54.0 Å². The Kier molecular flexibility index (Phi) is 3.31. The molecule has 4 heteroatoms. The highest BCUT2D eigenvalue weighted by molar-refractivity contribution is 7.79. The first-order valence-electron chi connectivity index (χ1n) is 4.85. The van der Waals surface area contributed by atoms with Crippen molar-refractivity contribution in [2.75, 3.05) is 5.32 Å². The van der Waals surface area contributed by atoms with E-state index in [0.717, 1.165) is 11.3 Å². The molecule has 0 fully saturated rings. The first kappa shape index (κ1) is 10.8. The minimum atomic E-state index is -0.251. The topological polar surface area (TPSA) is 42.2 Å². The van der Waals surface area contributed by atoms with Crippen LogP contribution < -0.4 is 5.32 Å². The van der Waals surface area contributed by atoms with E-state index in [2.05, 4.69) is 17.9 Å². The van der Waals surface area contributed by atoms with Crippen molar-refractivity contribution in [1.29, 1.82) is 0 Å². The molecule has 16 heavy (non-hydrogen) atoms. The molecule has 0 radical (unpaired) electrons. The molecule has 0 aliphatic carbocycles. The molecule has 1 amide bonds. The zero-order chi connectivity index (χ0) is 11.4. The van der Waals surface area contributed by atoms with Gasteiger partial charge >= 0.3 is 0 Å². The minimum absolute atomic E-state index is 0.251. The molecule has 82 valence electrons. The molecule has 0 bridgehead atoms. The lowest BCUT2D eigenvalue weighted by Gasteiger charge is -2.07. The predicted octanol–water partition coefficient (Wildman–Crippen LogP) is 2.96. The van der Waals surface area contributed by atoms with E-state index in [4.69, 9.17) is 4.42 Å². The van der Waals surface area contributed by atoms with Crippen molar-refractivity contribution >= 4 is 24.2 Å². The van der Waals surface area contributed by atoms with E-state index in [0.29, 0.717) is 11.5 Å². The normalized spacial score (nSPS) is 10.1. The number of hydrogen-bond acceptors (Lipinski definition) is 3. The molecule has 0 aliphatic rings.